The van der Waals surface area contributed by atoms with Crippen LogP contribution in [0.1, 0.15) is 20.8 Å². The lowest BCUT2D eigenvalue weighted by atomic mass is 10.3. The molecule has 13 heavy (non-hydrogen) atoms. The van der Waals surface area contributed by atoms with Crippen LogP contribution in [0.2, 0.25) is 0 Å². The van der Waals surface area contributed by atoms with Crippen molar-refractivity contribution < 1.29 is 8.78 Å². The first-order chi connectivity index (χ1) is 6.00. The van der Waals surface area contributed by atoms with Crippen molar-refractivity contribution in [2.24, 2.45) is 4.99 Å². The summed E-state index contributed by atoms with van der Waals surface area (Å²) >= 11 is 1.52. The summed E-state index contributed by atoms with van der Waals surface area (Å²) in [5, 5.41) is 3.73. The van der Waals surface area contributed by atoms with E-state index in [1.165, 1.54) is 18.7 Å². The molecule has 0 saturated heterocycles. The standard InChI is InChI=1S/C8H14F2N2S/c1-4-6(3)13-8(11-4)12-5(2)7(9)10/h4-7H,1-3H3,(H,11,12). The van der Waals surface area contributed by atoms with Gasteiger partial charge >= 0.3 is 0 Å². The average Bonchev–Trinajstić information content (AvgIpc) is 2.31. The minimum absolute atomic E-state index is 0.220. The van der Waals surface area contributed by atoms with Gasteiger partial charge < -0.3 is 5.32 Å². The number of amidine groups is 1. The van der Waals surface area contributed by atoms with Crippen molar-refractivity contribution in [1.82, 2.24) is 5.32 Å². The van der Waals surface area contributed by atoms with Crippen LogP contribution in [0.5, 0.6) is 0 Å². The molecule has 0 spiro atoms. The largest absolute Gasteiger partial charge is 0.357 e. The Bertz CT molecular complexity index is 208. The number of hydrogen-bond donors (Lipinski definition) is 1. The summed E-state index contributed by atoms with van der Waals surface area (Å²) in [6.45, 7) is 5.49. The Morgan fingerprint density at radius 3 is 2.46 bits per heavy atom. The van der Waals surface area contributed by atoms with Gasteiger partial charge in [0.15, 0.2) is 5.17 Å². The molecule has 1 heterocycles. The van der Waals surface area contributed by atoms with Crippen LogP contribution >= 0.6 is 11.8 Å². The zero-order valence-electron chi connectivity index (χ0n) is 7.92. The number of hydrogen-bond acceptors (Lipinski definition) is 3. The van der Waals surface area contributed by atoms with Gasteiger partial charge in [0.25, 0.3) is 6.43 Å². The molecular formula is C8H14F2N2S. The third kappa shape index (κ3) is 2.83. The van der Waals surface area contributed by atoms with Crippen LogP contribution < -0.4 is 5.32 Å². The quantitative estimate of drug-likeness (QED) is 0.751. The number of aliphatic imine (C=N–C) groups is 1. The van der Waals surface area contributed by atoms with E-state index < -0.39 is 12.5 Å². The predicted octanol–water partition coefficient (Wildman–Crippen LogP) is 2.11. The maximum absolute atomic E-state index is 12.1. The molecule has 0 amide bonds. The van der Waals surface area contributed by atoms with Gasteiger partial charge in [0.1, 0.15) is 0 Å². The molecule has 1 rings (SSSR count). The second-order valence-electron chi connectivity index (χ2n) is 3.27. The lowest BCUT2D eigenvalue weighted by Gasteiger charge is -2.13. The molecule has 0 aromatic rings. The molecule has 1 aliphatic heterocycles. The van der Waals surface area contributed by atoms with Crippen LogP contribution in [-0.4, -0.2) is 28.9 Å². The molecule has 1 N–H and O–H groups in total. The summed E-state index contributed by atoms with van der Waals surface area (Å²) in [4.78, 5) is 4.23. The zero-order chi connectivity index (χ0) is 10.0. The van der Waals surface area contributed by atoms with Gasteiger partial charge in [0, 0.05) is 5.25 Å². The molecule has 0 aromatic carbocycles. The zero-order valence-corrected chi connectivity index (χ0v) is 8.74. The number of rotatable bonds is 2. The summed E-state index contributed by atoms with van der Waals surface area (Å²) in [5.41, 5.74) is 0. The number of nitrogens with one attached hydrogen (secondary N) is 1. The molecule has 3 unspecified atom stereocenters. The molecular weight excluding hydrogens is 194 g/mol. The van der Waals surface area contributed by atoms with Gasteiger partial charge in [0.05, 0.1) is 12.1 Å². The Labute approximate surface area is 81.2 Å². The fourth-order valence-corrected chi connectivity index (χ4v) is 2.01. The van der Waals surface area contributed by atoms with Gasteiger partial charge in [-0.05, 0) is 13.8 Å². The maximum atomic E-state index is 12.1. The van der Waals surface area contributed by atoms with E-state index in [2.05, 4.69) is 10.3 Å². The van der Waals surface area contributed by atoms with Crippen LogP contribution in [0.25, 0.3) is 0 Å². The van der Waals surface area contributed by atoms with Crippen molar-refractivity contribution in [1.29, 1.82) is 0 Å². The van der Waals surface area contributed by atoms with E-state index in [9.17, 15) is 8.78 Å². The molecule has 2 nitrogen and oxygen atoms in total. The van der Waals surface area contributed by atoms with Crippen molar-refractivity contribution in [2.75, 3.05) is 0 Å². The Hall–Kier alpha value is -0.320. The number of alkyl halides is 2. The van der Waals surface area contributed by atoms with Crippen molar-refractivity contribution in [3.8, 4) is 0 Å². The van der Waals surface area contributed by atoms with E-state index >= 15 is 0 Å². The Morgan fingerprint density at radius 1 is 1.46 bits per heavy atom. The van der Waals surface area contributed by atoms with Gasteiger partial charge in [-0.25, -0.2) is 8.78 Å². The fourth-order valence-electron chi connectivity index (χ4n) is 0.924. The van der Waals surface area contributed by atoms with Crippen LogP contribution in [-0.2, 0) is 0 Å². The smallest absolute Gasteiger partial charge is 0.258 e. The molecule has 0 aromatic heterocycles. The van der Waals surface area contributed by atoms with E-state index in [1.807, 2.05) is 13.8 Å². The van der Waals surface area contributed by atoms with Crippen LogP contribution in [0, 0.1) is 0 Å². The summed E-state index contributed by atoms with van der Waals surface area (Å²) in [7, 11) is 0. The predicted molar refractivity (Wildman–Crippen MR) is 52.6 cm³/mol. The number of thioether (sulfide) groups is 1. The van der Waals surface area contributed by atoms with E-state index in [1.54, 1.807) is 0 Å². The summed E-state index contributed by atoms with van der Waals surface area (Å²) in [6, 6.07) is -0.596. The van der Waals surface area contributed by atoms with Crippen LogP contribution in [0.15, 0.2) is 4.99 Å². The van der Waals surface area contributed by atoms with E-state index in [-0.39, 0.29) is 6.04 Å². The highest BCUT2D eigenvalue weighted by atomic mass is 32.2. The normalized spacial score (nSPS) is 30.5. The summed E-state index contributed by atoms with van der Waals surface area (Å²) in [5.74, 6) is 0. The molecule has 0 saturated carbocycles. The topological polar surface area (TPSA) is 24.4 Å². The lowest BCUT2D eigenvalue weighted by Crippen LogP contribution is -2.35. The highest BCUT2D eigenvalue weighted by Crippen LogP contribution is 2.25. The SMILES string of the molecule is CC1N=C(NC(C)C(F)F)SC1C. The highest BCUT2D eigenvalue weighted by molar-refractivity contribution is 8.14. The third-order valence-corrected chi connectivity index (χ3v) is 3.24. The molecule has 1 aliphatic rings. The number of halogens is 2. The first kappa shape index (κ1) is 10.8. The van der Waals surface area contributed by atoms with Crippen molar-refractivity contribution in [2.45, 2.75) is 44.5 Å². The minimum atomic E-state index is -2.34. The van der Waals surface area contributed by atoms with Crippen LogP contribution in [0.4, 0.5) is 8.78 Å². The van der Waals surface area contributed by atoms with Gasteiger partial charge in [-0.1, -0.05) is 18.7 Å². The van der Waals surface area contributed by atoms with E-state index in [4.69, 9.17) is 0 Å². The van der Waals surface area contributed by atoms with Crippen molar-refractivity contribution >= 4 is 16.9 Å². The van der Waals surface area contributed by atoms with Crippen LogP contribution in [0.3, 0.4) is 0 Å². The summed E-state index contributed by atoms with van der Waals surface area (Å²) in [6.07, 6.45) is -2.34. The number of nitrogens with zero attached hydrogens (tertiary/aromatic N) is 1. The lowest BCUT2D eigenvalue weighted by molar-refractivity contribution is 0.115. The molecule has 76 valence electrons. The van der Waals surface area contributed by atoms with Crippen molar-refractivity contribution in [3.05, 3.63) is 0 Å². The summed E-state index contributed by atoms with van der Waals surface area (Å²) < 4.78 is 24.3. The maximum Gasteiger partial charge on any atom is 0.258 e. The van der Waals surface area contributed by atoms with Gasteiger partial charge in [-0.3, -0.25) is 4.99 Å². The molecule has 0 fully saturated rings. The van der Waals surface area contributed by atoms with Gasteiger partial charge in [-0.2, -0.15) is 0 Å². The van der Waals surface area contributed by atoms with E-state index in [0.717, 1.165) is 0 Å². The Morgan fingerprint density at radius 2 is 2.08 bits per heavy atom. The minimum Gasteiger partial charge on any atom is -0.357 e. The molecule has 0 radical (unpaired) electrons. The van der Waals surface area contributed by atoms with Gasteiger partial charge in [0.2, 0.25) is 0 Å². The highest BCUT2D eigenvalue weighted by Gasteiger charge is 2.25. The first-order valence-electron chi connectivity index (χ1n) is 4.30. The van der Waals surface area contributed by atoms with E-state index in [0.29, 0.717) is 10.4 Å². The molecule has 0 aliphatic carbocycles. The third-order valence-electron chi connectivity index (χ3n) is 2.03. The second kappa shape index (κ2) is 4.26. The fraction of sp³-hybridized carbons (Fsp3) is 0.875. The molecule has 5 heteroatoms. The van der Waals surface area contributed by atoms with Gasteiger partial charge in [-0.15, -0.1) is 0 Å². The van der Waals surface area contributed by atoms with Crippen molar-refractivity contribution in [3.63, 3.8) is 0 Å². The first-order valence-corrected chi connectivity index (χ1v) is 5.18. The Balaban J connectivity index is 2.43. The average molecular weight is 208 g/mol. The monoisotopic (exact) mass is 208 g/mol. The second-order valence-corrected chi connectivity index (χ2v) is 4.63. The molecule has 3 atom stereocenters. The Kier molecular flexibility index (Phi) is 3.53. The molecule has 0 bridgehead atoms.